The topological polar surface area (TPSA) is 75.7 Å². The number of rotatable bonds is 7. The molecule has 0 saturated heterocycles. The van der Waals surface area contributed by atoms with E-state index in [1.807, 2.05) is 12.1 Å². The van der Waals surface area contributed by atoms with Gasteiger partial charge in [-0.3, -0.25) is 9.59 Å². The first-order chi connectivity index (χ1) is 12.9. The van der Waals surface area contributed by atoms with Gasteiger partial charge in [-0.15, -0.1) is 0 Å². The average Bonchev–Trinajstić information content (AvgIpc) is 2.66. The molecule has 27 heavy (non-hydrogen) atoms. The Kier molecular flexibility index (Phi) is 7.11. The number of carbonyl (C=O) groups excluding carboxylic acids is 3. The highest BCUT2D eigenvalue weighted by molar-refractivity contribution is 6.01. The predicted molar refractivity (Wildman–Crippen MR) is 104 cm³/mol. The maximum absolute atomic E-state index is 12.3. The highest BCUT2D eigenvalue weighted by Crippen LogP contribution is 2.17. The quantitative estimate of drug-likeness (QED) is 0.762. The molecule has 0 aliphatic heterocycles. The molecule has 2 aromatic carbocycles. The lowest BCUT2D eigenvalue weighted by molar-refractivity contribution is -0.116. The number of nitrogens with one attached hydrogen (secondary N) is 1. The first-order valence-electron chi connectivity index (χ1n) is 8.79. The summed E-state index contributed by atoms with van der Waals surface area (Å²) in [6, 6.07) is 14.0. The van der Waals surface area contributed by atoms with Crippen molar-refractivity contribution in [2.75, 3.05) is 26.0 Å². The lowest BCUT2D eigenvalue weighted by Crippen LogP contribution is -2.21. The zero-order chi connectivity index (χ0) is 19.8. The molecule has 0 fully saturated rings. The van der Waals surface area contributed by atoms with Gasteiger partial charge in [-0.05, 0) is 43.2 Å². The third kappa shape index (κ3) is 5.67. The molecule has 2 aromatic rings. The molecule has 0 saturated carbocycles. The van der Waals surface area contributed by atoms with Crippen LogP contribution in [-0.4, -0.2) is 43.4 Å². The molecule has 142 valence electrons. The highest BCUT2D eigenvalue weighted by Gasteiger charge is 2.14. The first kappa shape index (κ1) is 20.2. The molecule has 6 heteroatoms. The third-order valence-electron chi connectivity index (χ3n) is 3.94. The number of amides is 2. The van der Waals surface area contributed by atoms with E-state index in [-0.39, 0.29) is 24.8 Å². The van der Waals surface area contributed by atoms with Crippen LogP contribution in [0.15, 0.2) is 48.5 Å². The molecule has 0 bridgehead atoms. The number of para-hydroxylation sites is 1. The maximum atomic E-state index is 12.3. The summed E-state index contributed by atoms with van der Waals surface area (Å²) in [5, 5.41) is 2.76. The number of esters is 1. The molecular weight excluding hydrogens is 344 g/mol. The summed E-state index contributed by atoms with van der Waals surface area (Å²) in [4.78, 5) is 37.6. The maximum Gasteiger partial charge on any atom is 0.340 e. The van der Waals surface area contributed by atoms with Gasteiger partial charge in [-0.25, -0.2) is 4.79 Å². The summed E-state index contributed by atoms with van der Waals surface area (Å²) in [6.07, 6.45) is 0.794. The smallest absolute Gasteiger partial charge is 0.340 e. The van der Waals surface area contributed by atoms with Crippen LogP contribution in [0.3, 0.4) is 0 Å². The molecule has 1 N–H and O–H groups in total. The monoisotopic (exact) mass is 368 g/mol. The van der Waals surface area contributed by atoms with Crippen LogP contribution in [0.5, 0.6) is 0 Å². The van der Waals surface area contributed by atoms with Crippen LogP contribution in [0.2, 0.25) is 0 Å². The van der Waals surface area contributed by atoms with Crippen molar-refractivity contribution in [2.24, 2.45) is 0 Å². The van der Waals surface area contributed by atoms with Crippen molar-refractivity contribution in [3.05, 3.63) is 65.2 Å². The lowest BCUT2D eigenvalue weighted by atomic mass is 10.1. The Morgan fingerprint density at radius 1 is 1.00 bits per heavy atom. The van der Waals surface area contributed by atoms with Crippen LogP contribution in [-0.2, 0) is 16.0 Å². The van der Waals surface area contributed by atoms with Gasteiger partial charge in [-0.2, -0.15) is 0 Å². The largest absolute Gasteiger partial charge is 0.462 e. The number of carbonyl (C=O) groups is 3. The van der Waals surface area contributed by atoms with Crippen molar-refractivity contribution >= 4 is 23.5 Å². The Morgan fingerprint density at radius 3 is 2.30 bits per heavy atom. The summed E-state index contributed by atoms with van der Waals surface area (Å²) >= 11 is 0. The van der Waals surface area contributed by atoms with Gasteiger partial charge in [0.05, 0.1) is 17.9 Å². The fraction of sp³-hybridized carbons (Fsp3) is 0.286. The summed E-state index contributed by atoms with van der Waals surface area (Å²) in [5.74, 6) is -0.718. The Labute approximate surface area is 159 Å². The summed E-state index contributed by atoms with van der Waals surface area (Å²) in [7, 11) is 3.41. The second kappa shape index (κ2) is 9.52. The zero-order valence-corrected chi connectivity index (χ0v) is 15.8. The van der Waals surface area contributed by atoms with Crippen LogP contribution in [0.1, 0.15) is 39.6 Å². The van der Waals surface area contributed by atoms with E-state index >= 15 is 0 Å². The van der Waals surface area contributed by atoms with Gasteiger partial charge in [0, 0.05) is 26.1 Å². The molecule has 6 nitrogen and oxygen atoms in total. The summed E-state index contributed by atoms with van der Waals surface area (Å²) < 4.78 is 5.01. The fourth-order valence-electron chi connectivity index (χ4n) is 2.52. The van der Waals surface area contributed by atoms with Gasteiger partial charge in [0.1, 0.15) is 0 Å². The van der Waals surface area contributed by atoms with Crippen LogP contribution in [0.25, 0.3) is 0 Å². The van der Waals surface area contributed by atoms with E-state index in [0.717, 1.165) is 5.56 Å². The molecule has 0 aliphatic carbocycles. The molecule has 2 amide bonds. The molecular formula is C21H24N2O4. The molecule has 0 unspecified atom stereocenters. The SMILES string of the molecule is CCOC(=O)c1ccccc1NC(=O)CCc1ccc(C(=O)N(C)C)cc1. The van der Waals surface area contributed by atoms with Crippen molar-refractivity contribution in [1.29, 1.82) is 0 Å². The zero-order valence-electron chi connectivity index (χ0n) is 15.8. The predicted octanol–water partition coefficient (Wildman–Crippen LogP) is 3.14. The van der Waals surface area contributed by atoms with Crippen molar-refractivity contribution < 1.29 is 19.1 Å². The van der Waals surface area contributed by atoms with E-state index < -0.39 is 5.97 Å². The average molecular weight is 368 g/mol. The van der Waals surface area contributed by atoms with E-state index in [0.29, 0.717) is 23.2 Å². The van der Waals surface area contributed by atoms with E-state index in [1.54, 1.807) is 57.4 Å². The van der Waals surface area contributed by atoms with Gasteiger partial charge >= 0.3 is 5.97 Å². The van der Waals surface area contributed by atoms with Gasteiger partial charge in [0.2, 0.25) is 5.91 Å². The van der Waals surface area contributed by atoms with Crippen LogP contribution in [0, 0.1) is 0 Å². The lowest BCUT2D eigenvalue weighted by Gasteiger charge is -2.11. The highest BCUT2D eigenvalue weighted by atomic mass is 16.5. The Morgan fingerprint density at radius 2 is 1.67 bits per heavy atom. The Hall–Kier alpha value is -3.15. The number of benzene rings is 2. The fourth-order valence-corrected chi connectivity index (χ4v) is 2.52. The number of aryl methyl sites for hydroxylation is 1. The van der Waals surface area contributed by atoms with E-state index in [9.17, 15) is 14.4 Å². The number of hydrogen-bond donors (Lipinski definition) is 1. The van der Waals surface area contributed by atoms with E-state index in [4.69, 9.17) is 4.74 Å². The van der Waals surface area contributed by atoms with Gasteiger partial charge in [0.25, 0.3) is 5.91 Å². The third-order valence-corrected chi connectivity index (χ3v) is 3.94. The molecule has 0 aromatic heterocycles. The molecule has 0 spiro atoms. The normalized spacial score (nSPS) is 10.2. The number of anilines is 1. The minimum absolute atomic E-state index is 0.0603. The molecule has 0 atom stereocenters. The Balaban J connectivity index is 1.95. The first-order valence-corrected chi connectivity index (χ1v) is 8.79. The van der Waals surface area contributed by atoms with E-state index in [1.165, 1.54) is 4.90 Å². The van der Waals surface area contributed by atoms with Crippen molar-refractivity contribution in [3.8, 4) is 0 Å². The van der Waals surface area contributed by atoms with Crippen molar-refractivity contribution in [1.82, 2.24) is 4.90 Å². The van der Waals surface area contributed by atoms with Crippen molar-refractivity contribution in [3.63, 3.8) is 0 Å². The second-order valence-corrected chi connectivity index (χ2v) is 6.21. The standard InChI is InChI=1S/C21H24N2O4/c1-4-27-21(26)17-7-5-6-8-18(17)22-19(24)14-11-15-9-12-16(13-10-15)20(25)23(2)3/h5-10,12-13H,4,11,14H2,1-3H3,(H,22,24). The number of nitrogens with zero attached hydrogens (tertiary/aromatic N) is 1. The van der Waals surface area contributed by atoms with Gasteiger partial charge < -0.3 is 15.0 Å². The molecule has 2 rings (SSSR count). The minimum Gasteiger partial charge on any atom is -0.462 e. The molecule has 0 heterocycles. The van der Waals surface area contributed by atoms with Gasteiger partial charge in [-0.1, -0.05) is 24.3 Å². The second-order valence-electron chi connectivity index (χ2n) is 6.21. The van der Waals surface area contributed by atoms with Crippen LogP contribution >= 0.6 is 0 Å². The van der Waals surface area contributed by atoms with Crippen molar-refractivity contribution in [2.45, 2.75) is 19.8 Å². The molecule has 0 radical (unpaired) electrons. The van der Waals surface area contributed by atoms with Gasteiger partial charge in [0.15, 0.2) is 0 Å². The van der Waals surface area contributed by atoms with E-state index in [2.05, 4.69) is 5.32 Å². The molecule has 0 aliphatic rings. The Bertz CT molecular complexity index is 813. The minimum atomic E-state index is -0.463. The summed E-state index contributed by atoms with van der Waals surface area (Å²) in [5.41, 5.74) is 2.34. The van der Waals surface area contributed by atoms with Crippen LogP contribution < -0.4 is 5.32 Å². The summed E-state index contributed by atoms with van der Waals surface area (Å²) in [6.45, 7) is 2.00. The number of ether oxygens (including phenoxy) is 1. The van der Waals surface area contributed by atoms with Crippen LogP contribution in [0.4, 0.5) is 5.69 Å². The number of hydrogen-bond acceptors (Lipinski definition) is 4.